The molecule has 0 spiro atoms. The fourth-order valence-corrected chi connectivity index (χ4v) is 3.86. The van der Waals surface area contributed by atoms with Crippen molar-refractivity contribution in [2.24, 2.45) is 0 Å². The highest BCUT2D eigenvalue weighted by molar-refractivity contribution is 6.02. The largest absolute Gasteiger partial charge is 0.350 e. The highest BCUT2D eigenvalue weighted by Gasteiger charge is 2.47. The van der Waals surface area contributed by atoms with Crippen molar-refractivity contribution in [3.05, 3.63) is 70.8 Å². The summed E-state index contributed by atoms with van der Waals surface area (Å²) < 4.78 is 0. The molecule has 1 aliphatic heterocycles. The van der Waals surface area contributed by atoms with Crippen LogP contribution in [0.5, 0.6) is 0 Å². The Balaban J connectivity index is 1.89. The van der Waals surface area contributed by atoms with Crippen molar-refractivity contribution in [3.63, 3.8) is 0 Å². The maximum absolute atomic E-state index is 13.2. The molecule has 4 heteroatoms. The van der Waals surface area contributed by atoms with Crippen LogP contribution < -0.4 is 5.32 Å². The predicted octanol–water partition coefficient (Wildman–Crippen LogP) is 3.48. The van der Waals surface area contributed by atoms with E-state index in [0.717, 1.165) is 16.7 Å². The summed E-state index contributed by atoms with van der Waals surface area (Å²) in [6.07, 6.45) is 0.521. The van der Waals surface area contributed by atoms with Gasteiger partial charge in [0.1, 0.15) is 5.54 Å². The molecule has 4 nitrogen and oxygen atoms in total. The van der Waals surface area contributed by atoms with E-state index in [0.29, 0.717) is 18.5 Å². The molecule has 0 bridgehead atoms. The van der Waals surface area contributed by atoms with Gasteiger partial charge in [0.25, 0.3) is 5.91 Å². The number of aryl methyl sites for hydroxylation is 1. The van der Waals surface area contributed by atoms with Crippen molar-refractivity contribution >= 4 is 11.8 Å². The SMILES string of the molecule is Cc1ccccc1CNC(=O)[C@]1(C)Cc2ccccc2C(=O)N1C(C)C. The van der Waals surface area contributed by atoms with Crippen LogP contribution in [0.3, 0.4) is 0 Å². The number of carbonyl (C=O) groups excluding carboxylic acids is 2. The van der Waals surface area contributed by atoms with E-state index in [-0.39, 0.29) is 17.9 Å². The van der Waals surface area contributed by atoms with Crippen LogP contribution in [0.25, 0.3) is 0 Å². The Kier molecular flexibility index (Phi) is 4.86. The lowest BCUT2D eigenvalue weighted by molar-refractivity contribution is -0.132. The molecule has 26 heavy (non-hydrogen) atoms. The fourth-order valence-electron chi connectivity index (χ4n) is 3.86. The lowest BCUT2D eigenvalue weighted by Crippen LogP contribution is -2.64. The van der Waals surface area contributed by atoms with E-state index in [4.69, 9.17) is 0 Å². The summed E-state index contributed by atoms with van der Waals surface area (Å²) in [5.41, 5.74) is 2.96. The Morgan fingerprint density at radius 3 is 2.50 bits per heavy atom. The topological polar surface area (TPSA) is 49.4 Å². The van der Waals surface area contributed by atoms with Gasteiger partial charge in [0, 0.05) is 24.6 Å². The molecular formula is C22H26N2O2. The van der Waals surface area contributed by atoms with Crippen molar-refractivity contribution in [2.75, 3.05) is 0 Å². The quantitative estimate of drug-likeness (QED) is 0.918. The predicted molar refractivity (Wildman–Crippen MR) is 103 cm³/mol. The molecule has 0 aliphatic carbocycles. The van der Waals surface area contributed by atoms with Crippen LogP contribution in [0.1, 0.15) is 47.8 Å². The Hall–Kier alpha value is -2.62. The second-order valence-electron chi connectivity index (χ2n) is 7.49. The molecule has 0 fully saturated rings. The minimum atomic E-state index is -0.901. The molecule has 2 aromatic rings. The van der Waals surface area contributed by atoms with Crippen LogP contribution in [0.15, 0.2) is 48.5 Å². The number of benzene rings is 2. The van der Waals surface area contributed by atoms with E-state index in [1.807, 2.05) is 76.2 Å². The van der Waals surface area contributed by atoms with Crippen LogP contribution in [-0.4, -0.2) is 28.3 Å². The van der Waals surface area contributed by atoms with Crippen molar-refractivity contribution in [1.29, 1.82) is 0 Å². The molecule has 3 rings (SSSR count). The second kappa shape index (κ2) is 6.94. The Labute approximate surface area is 155 Å². The minimum Gasteiger partial charge on any atom is -0.350 e. The summed E-state index contributed by atoms with van der Waals surface area (Å²) in [5.74, 6) is -0.187. The maximum atomic E-state index is 13.2. The van der Waals surface area contributed by atoms with Gasteiger partial charge in [0.15, 0.2) is 0 Å². The van der Waals surface area contributed by atoms with Crippen LogP contribution in [0.4, 0.5) is 0 Å². The highest BCUT2D eigenvalue weighted by Crippen LogP contribution is 2.33. The molecule has 0 saturated heterocycles. The summed E-state index contributed by atoms with van der Waals surface area (Å²) in [4.78, 5) is 27.9. The molecule has 0 saturated carbocycles. The molecule has 2 amide bonds. The average molecular weight is 350 g/mol. The van der Waals surface area contributed by atoms with Gasteiger partial charge in [-0.15, -0.1) is 0 Å². The standard InChI is InChI=1S/C22H26N2O2/c1-15(2)24-20(25)19-12-8-7-10-17(19)13-22(24,4)21(26)23-14-18-11-6-5-9-16(18)3/h5-12,15H,13-14H2,1-4H3,(H,23,26)/t22-/m0/s1. The molecular weight excluding hydrogens is 324 g/mol. The second-order valence-corrected chi connectivity index (χ2v) is 7.49. The van der Waals surface area contributed by atoms with Gasteiger partial charge in [-0.1, -0.05) is 42.5 Å². The zero-order valence-electron chi connectivity index (χ0n) is 15.9. The summed E-state index contributed by atoms with van der Waals surface area (Å²) in [5, 5.41) is 3.05. The molecule has 1 atom stereocenters. The third-order valence-corrected chi connectivity index (χ3v) is 5.24. The molecule has 2 aromatic carbocycles. The summed E-state index contributed by atoms with van der Waals surface area (Å²) >= 11 is 0. The Morgan fingerprint density at radius 1 is 1.15 bits per heavy atom. The summed E-state index contributed by atoms with van der Waals surface area (Å²) in [7, 11) is 0. The Morgan fingerprint density at radius 2 is 1.81 bits per heavy atom. The minimum absolute atomic E-state index is 0.0648. The van der Waals surface area contributed by atoms with Gasteiger partial charge >= 0.3 is 0 Å². The zero-order valence-corrected chi connectivity index (χ0v) is 15.9. The first kappa shape index (κ1) is 18.2. The summed E-state index contributed by atoms with van der Waals surface area (Å²) in [6, 6.07) is 15.5. The number of rotatable bonds is 4. The molecule has 1 heterocycles. The van der Waals surface area contributed by atoms with Gasteiger partial charge in [0.05, 0.1) is 0 Å². The first-order chi connectivity index (χ1) is 12.3. The third kappa shape index (κ3) is 3.12. The van der Waals surface area contributed by atoms with Crippen LogP contribution in [0, 0.1) is 6.92 Å². The number of fused-ring (bicyclic) bond motifs is 1. The molecule has 1 aliphatic rings. The smallest absolute Gasteiger partial charge is 0.255 e. The van der Waals surface area contributed by atoms with Crippen molar-refractivity contribution in [3.8, 4) is 0 Å². The first-order valence-electron chi connectivity index (χ1n) is 9.09. The van der Waals surface area contributed by atoms with E-state index in [1.54, 1.807) is 4.90 Å². The first-order valence-corrected chi connectivity index (χ1v) is 9.09. The van der Waals surface area contributed by atoms with E-state index in [2.05, 4.69) is 5.32 Å². The average Bonchev–Trinajstić information content (AvgIpc) is 2.60. The van der Waals surface area contributed by atoms with Crippen molar-refractivity contribution in [2.45, 2.75) is 52.2 Å². The van der Waals surface area contributed by atoms with Crippen LogP contribution in [-0.2, 0) is 17.8 Å². The third-order valence-electron chi connectivity index (χ3n) is 5.24. The summed E-state index contributed by atoms with van der Waals surface area (Å²) in [6.45, 7) is 8.28. The van der Waals surface area contributed by atoms with E-state index >= 15 is 0 Å². The van der Waals surface area contributed by atoms with Gasteiger partial charge in [-0.3, -0.25) is 9.59 Å². The lowest BCUT2D eigenvalue weighted by atomic mass is 9.82. The molecule has 0 unspecified atom stereocenters. The van der Waals surface area contributed by atoms with Gasteiger partial charge in [-0.2, -0.15) is 0 Å². The van der Waals surface area contributed by atoms with Gasteiger partial charge < -0.3 is 10.2 Å². The highest BCUT2D eigenvalue weighted by atomic mass is 16.2. The Bertz CT molecular complexity index is 844. The van der Waals surface area contributed by atoms with E-state index < -0.39 is 5.54 Å². The van der Waals surface area contributed by atoms with Crippen molar-refractivity contribution < 1.29 is 9.59 Å². The van der Waals surface area contributed by atoms with Crippen molar-refractivity contribution in [1.82, 2.24) is 10.2 Å². The van der Waals surface area contributed by atoms with E-state index in [9.17, 15) is 9.59 Å². The van der Waals surface area contributed by atoms with Crippen LogP contribution >= 0.6 is 0 Å². The number of carbonyl (C=O) groups is 2. The van der Waals surface area contributed by atoms with Gasteiger partial charge in [-0.25, -0.2) is 0 Å². The zero-order chi connectivity index (χ0) is 18.9. The number of amides is 2. The number of nitrogens with zero attached hydrogens (tertiary/aromatic N) is 1. The monoisotopic (exact) mass is 350 g/mol. The lowest BCUT2D eigenvalue weighted by Gasteiger charge is -2.46. The molecule has 0 radical (unpaired) electrons. The normalized spacial score (nSPS) is 19.4. The molecule has 136 valence electrons. The van der Waals surface area contributed by atoms with E-state index in [1.165, 1.54) is 0 Å². The molecule has 0 aromatic heterocycles. The maximum Gasteiger partial charge on any atom is 0.255 e. The van der Waals surface area contributed by atoms with Crippen LogP contribution in [0.2, 0.25) is 0 Å². The number of hydrogen-bond donors (Lipinski definition) is 1. The van der Waals surface area contributed by atoms with Gasteiger partial charge in [0.2, 0.25) is 5.91 Å². The fraction of sp³-hybridized carbons (Fsp3) is 0.364. The number of nitrogens with one attached hydrogen (secondary N) is 1. The number of hydrogen-bond acceptors (Lipinski definition) is 2. The van der Waals surface area contributed by atoms with Gasteiger partial charge in [-0.05, 0) is 50.5 Å². The molecule has 1 N–H and O–H groups in total.